The summed E-state index contributed by atoms with van der Waals surface area (Å²) < 4.78 is 46.3. The molecule has 0 unspecified atom stereocenters. The molecule has 0 aromatic carbocycles. The third kappa shape index (κ3) is 4.94. The SMILES string of the molecule is CC(=O)OC[C@]12[C@@H](OC(=O)c3ccoc3)C[C@@H]3C[C@]1(OC3(C)C)[C@@](C)(O)C[C@H](OC(=O)c1ccco1)[C@@H]2OC(=O)c1ccco1. The van der Waals surface area contributed by atoms with Crippen molar-refractivity contribution in [1.82, 2.24) is 0 Å². The van der Waals surface area contributed by atoms with Gasteiger partial charge in [0.15, 0.2) is 6.10 Å². The molecule has 0 radical (unpaired) electrons. The van der Waals surface area contributed by atoms with E-state index in [0.29, 0.717) is 0 Å². The molecule has 13 nitrogen and oxygen atoms in total. The van der Waals surface area contributed by atoms with E-state index in [4.69, 9.17) is 36.9 Å². The number of furan rings is 3. The van der Waals surface area contributed by atoms with Gasteiger partial charge in [0.1, 0.15) is 36.1 Å². The number of carbonyl (C=O) groups excluding carboxylic acids is 4. The van der Waals surface area contributed by atoms with E-state index < -0.39 is 71.0 Å². The smallest absolute Gasteiger partial charge is 0.374 e. The number of carbonyl (C=O) groups is 4. The molecule has 1 spiro atoms. The summed E-state index contributed by atoms with van der Waals surface area (Å²) in [6.07, 6.45) is 1.19. The maximum Gasteiger partial charge on any atom is 0.374 e. The molecule has 240 valence electrons. The lowest BCUT2D eigenvalue weighted by Crippen LogP contribution is -2.79. The van der Waals surface area contributed by atoms with Gasteiger partial charge in [-0.3, -0.25) is 4.79 Å². The molecule has 2 saturated carbocycles. The Kier molecular flexibility index (Phi) is 7.44. The fourth-order valence-electron chi connectivity index (χ4n) is 7.47. The van der Waals surface area contributed by atoms with Gasteiger partial charge in [-0.2, -0.15) is 0 Å². The van der Waals surface area contributed by atoms with Crippen molar-refractivity contribution in [3.63, 3.8) is 0 Å². The fraction of sp³-hybridized carbons (Fsp3) is 0.500. The summed E-state index contributed by atoms with van der Waals surface area (Å²) in [6.45, 7) is 5.89. The van der Waals surface area contributed by atoms with Crippen LogP contribution in [0.15, 0.2) is 68.6 Å². The molecule has 4 heterocycles. The second kappa shape index (κ2) is 10.9. The van der Waals surface area contributed by atoms with Crippen molar-refractivity contribution in [3.05, 3.63) is 72.5 Å². The Labute approximate surface area is 257 Å². The van der Waals surface area contributed by atoms with E-state index >= 15 is 0 Å². The highest BCUT2D eigenvalue weighted by Crippen LogP contribution is 2.68. The van der Waals surface area contributed by atoms with Crippen LogP contribution in [0.1, 0.15) is 78.4 Å². The van der Waals surface area contributed by atoms with Crippen LogP contribution in [-0.2, 0) is 28.5 Å². The molecule has 1 saturated heterocycles. The number of aliphatic hydroxyl groups is 1. The standard InChI is InChI=1S/C32H34O13/c1-18(33)41-17-31-24(43-26(34)19-9-12-38-16-19)13-20-14-32(31,45-29(20,2)3)30(4,37)15-23(42-27(35)21-7-5-10-39-21)25(31)44-28(36)22-8-6-11-40-22/h5-12,16,20,23-25,37H,13-15,17H2,1-4H3/t20-,23+,24+,25+,30+,31-,32+/m1/s1. The fourth-order valence-corrected chi connectivity index (χ4v) is 7.47. The molecule has 45 heavy (non-hydrogen) atoms. The van der Waals surface area contributed by atoms with Crippen LogP contribution in [0.3, 0.4) is 0 Å². The number of hydrogen-bond donors (Lipinski definition) is 1. The van der Waals surface area contributed by atoms with Crippen LogP contribution >= 0.6 is 0 Å². The summed E-state index contributed by atoms with van der Waals surface area (Å²) in [7, 11) is 0. The molecule has 0 amide bonds. The molecule has 3 fully saturated rings. The van der Waals surface area contributed by atoms with Gasteiger partial charge in [-0.25, -0.2) is 14.4 Å². The zero-order valence-electron chi connectivity index (χ0n) is 25.2. The van der Waals surface area contributed by atoms with Gasteiger partial charge in [0, 0.05) is 13.3 Å². The molecule has 1 aliphatic heterocycles. The predicted molar refractivity (Wildman–Crippen MR) is 149 cm³/mol. The molecular weight excluding hydrogens is 592 g/mol. The number of esters is 4. The molecule has 2 bridgehead atoms. The van der Waals surface area contributed by atoms with Crippen molar-refractivity contribution < 1.29 is 61.2 Å². The van der Waals surface area contributed by atoms with E-state index in [1.807, 2.05) is 13.8 Å². The maximum atomic E-state index is 13.6. The molecule has 2 aliphatic carbocycles. The van der Waals surface area contributed by atoms with E-state index in [-0.39, 0.29) is 42.3 Å². The van der Waals surface area contributed by atoms with Gasteiger partial charge in [-0.15, -0.1) is 0 Å². The molecule has 3 aromatic rings. The molecule has 3 aliphatic rings. The number of ether oxygens (including phenoxy) is 5. The lowest BCUT2D eigenvalue weighted by atomic mass is 9.47. The Morgan fingerprint density at radius 2 is 1.56 bits per heavy atom. The zero-order chi connectivity index (χ0) is 32.2. The van der Waals surface area contributed by atoms with Crippen molar-refractivity contribution in [1.29, 1.82) is 0 Å². The molecule has 6 rings (SSSR count). The van der Waals surface area contributed by atoms with Crippen molar-refractivity contribution >= 4 is 23.9 Å². The van der Waals surface area contributed by atoms with E-state index in [2.05, 4.69) is 0 Å². The Balaban J connectivity index is 1.55. The molecule has 1 N–H and O–H groups in total. The van der Waals surface area contributed by atoms with Gasteiger partial charge in [0.2, 0.25) is 11.5 Å². The van der Waals surface area contributed by atoms with Crippen LogP contribution < -0.4 is 0 Å². The largest absolute Gasteiger partial charge is 0.472 e. The highest BCUT2D eigenvalue weighted by molar-refractivity contribution is 5.89. The van der Waals surface area contributed by atoms with Gasteiger partial charge in [-0.1, -0.05) is 0 Å². The van der Waals surface area contributed by atoms with E-state index in [1.165, 1.54) is 69.2 Å². The minimum atomic E-state index is -1.81. The lowest BCUT2D eigenvalue weighted by Gasteiger charge is -2.64. The van der Waals surface area contributed by atoms with E-state index in [9.17, 15) is 24.3 Å². The first-order chi connectivity index (χ1) is 21.3. The van der Waals surface area contributed by atoms with Gasteiger partial charge in [-0.05, 0) is 69.9 Å². The third-order valence-electron chi connectivity index (χ3n) is 9.55. The summed E-state index contributed by atoms with van der Waals surface area (Å²) in [5.74, 6) is -3.83. The van der Waals surface area contributed by atoms with Crippen LogP contribution in [0.4, 0.5) is 0 Å². The Bertz CT molecular complexity index is 1550. The second-order valence-electron chi connectivity index (χ2n) is 12.6. The second-order valence-corrected chi connectivity index (χ2v) is 12.6. The molecule has 7 atom stereocenters. The summed E-state index contributed by atoms with van der Waals surface area (Å²) in [6, 6.07) is 7.21. The van der Waals surface area contributed by atoms with Gasteiger partial charge in [0.25, 0.3) is 0 Å². The van der Waals surface area contributed by atoms with Gasteiger partial charge >= 0.3 is 23.9 Å². The topological polar surface area (TPSA) is 174 Å². The monoisotopic (exact) mass is 626 g/mol. The number of hydrogen-bond acceptors (Lipinski definition) is 13. The summed E-state index contributed by atoms with van der Waals surface area (Å²) in [5, 5.41) is 12.4. The molecular formula is C32H34O13. The van der Waals surface area contributed by atoms with Crippen LogP contribution in [0, 0.1) is 11.3 Å². The van der Waals surface area contributed by atoms with Crippen molar-refractivity contribution in [2.24, 2.45) is 11.3 Å². The predicted octanol–water partition coefficient (Wildman–Crippen LogP) is 4.10. The minimum Gasteiger partial charge on any atom is -0.472 e. The first-order valence-electron chi connectivity index (χ1n) is 14.6. The third-order valence-corrected chi connectivity index (χ3v) is 9.55. The number of fused-ring (bicyclic) bond motifs is 1. The van der Waals surface area contributed by atoms with Crippen LogP contribution in [-0.4, -0.2) is 70.7 Å². The average Bonchev–Trinajstić information content (AvgIpc) is 3.79. The molecule has 3 aromatic heterocycles. The Hall–Kier alpha value is -4.36. The first-order valence-corrected chi connectivity index (χ1v) is 14.6. The normalized spacial score (nSPS) is 33.1. The lowest BCUT2D eigenvalue weighted by molar-refractivity contribution is -0.333. The quantitative estimate of drug-likeness (QED) is 0.280. The number of rotatable bonds is 8. The summed E-state index contributed by atoms with van der Waals surface area (Å²) in [5.41, 5.74) is -6.00. The van der Waals surface area contributed by atoms with Gasteiger partial charge in [0.05, 0.1) is 35.6 Å². The molecule has 13 heteroatoms. The summed E-state index contributed by atoms with van der Waals surface area (Å²) >= 11 is 0. The highest BCUT2D eigenvalue weighted by atomic mass is 16.6. The first kappa shape index (κ1) is 30.7. The average molecular weight is 627 g/mol. The van der Waals surface area contributed by atoms with Crippen molar-refractivity contribution in [2.75, 3.05) is 6.61 Å². The zero-order valence-corrected chi connectivity index (χ0v) is 25.2. The summed E-state index contributed by atoms with van der Waals surface area (Å²) in [4.78, 5) is 52.8. The van der Waals surface area contributed by atoms with Crippen LogP contribution in [0.5, 0.6) is 0 Å². The van der Waals surface area contributed by atoms with Crippen LogP contribution in [0.25, 0.3) is 0 Å². The Morgan fingerprint density at radius 3 is 2.13 bits per heavy atom. The van der Waals surface area contributed by atoms with Crippen molar-refractivity contribution in [2.45, 2.75) is 82.1 Å². The highest BCUT2D eigenvalue weighted by Gasteiger charge is 2.82. The van der Waals surface area contributed by atoms with E-state index in [0.717, 1.165) is 0 Å². The van der Waals surface area contributed by atoms with Gasteiger partial charge < -0.3 is 42.0 Å². The van der Waals surface area contributed by atoms with Crippen LogP contribution in [0.2, 0.25) is 0 Å². The minimum absolute atomic E-state index is 0.109. The Morgan fingerprint density at radius 1 is 0.889 bits per heavy atom. The van der Waals surface area contributed by atoms with Crippen molar-refractivity contribution in [3.8, 4) is 0 Å². The van der Waals surface area contributed by atoms with E-state index in [1.54, 1.807) is 0 Å². The maximum absolute atomic E-state index is 13.6.